The number of ether oxygens (including phenoxy) is 2. The SMILES string of the molecule is CCCCCOc1ccccc1C(=O)Nc1ccc(C(=O)OCCN(CC)CC)cc1. The van der Waals surface area contributed by atoms with E-state index in [1.807, 2.05) is 12.1 Å². The summed E-state index contributed by atoms with van der Waals surface area (Å²) in [6.45, 7) is 9.80. The van der Waals surface area contributed by atoms with Crippen LogP contribution in [0.4, 0.5) is 5.69 Å². The first-order valence-corrected chi connectivity index (χ1v) is 11.1. The van der Waals surface area contributed by atoms with Gasteiger partial charge in [-0.05, 0) is 55.9 Å². The molecular weight excluding hydrogens is 392 g/mol. The first-order chi connectivity index (χ1) is 15.1. The van der Waals surface area contributed by atoms with E-state index in [9.17, 15) is 9.59 Å². The third-order valence-corrected chi connectivity index (χ3v) is 5.05. The first-order valence-electron chi connectivity index (χ1n) is 11.1. The standard InChI is InChI=1S/C25H34N2O4/c1-4-7-10-18-30-23-12-9-8-11-22(23)24(28)26-21-15-13-20(14-16-21)25(29)31-19-17-27(5-2)6-3/h8-9,11-16H,4-7,10,17-19H2,1-3H3,(H,26,28). The van der Waals surface area contributed by atoms with Crippen LogP contribution in [0.1, 0.15) is 60.7 Å². The fraction of sp³-hybridized carbons (Fsp3) is 0.440. The Hall–Kier alpha value is -2.86. The molecule has 0 unspecified atom stereocenters. The van der Waals surface area contributed by atoms with Crippen LogP contribution < -0.4 is 10.1 Å². The Bertz CT molecular complexity index is 817. The number of hydrogen-bond acceptors (Lipinski definition) is 5. The van der Waals surface area contributed by atoms with Crippen molar-refractivity contribution in [1.82, 2.24) is 4.90 Å². The Balaban J connectivity index is 1.91. The number of anilines is 1. The number of nitrogens with zero attached hydrogens (tertiary/aromatic N) is 1. The van der Waals surface area contributed by atoms with Gasteiger partial charge in [-0.2, -0.15) is 0 Å². The van der Waals surface area contributed by atoms with E-state index in [-0.39, 0.29) is 11.9 Å². The van der Waals surface area contributed by atoms with Crippen LogP contribution in [-0.4, -0.2) is 49.6 Å². The van der Waals surface area contributed by atoms with E-state index < -0.39 is 0 Å². The van der Waals surface area contributed by atoms with Gasteiger partial charge in [0.05, 0.1) is 17.7 Å². The van der Waals surface area contributed by atoms with E-state index in [2.05, 4.69) is 31.0 Å². The molecule has 2 aromatic rings. The maximum absolute atomic E-state index is 12.7. The van der Waals surface area contributed by atoms with Crippen molar-refractivity contribution < 1.29 is 19.1 Å². The van der Waals surface area contributed by atoms with Crippen LogP contribution in [0.5, 0.6) is 5.75 Å². The van der Waals surface area contributed by atoms with Gasteiger partial charge in [-0.3, -0.25) is 4.79 Å². The summed E-state index contributed by atoms with van der Waals surface area (Å²) in [5.74, 6) is -0.0407. The fourth-order valence-electron chi connectivity index (χ4n) is 3.09. The predicted octanol–water partition coefficient (Wildman–Crippen LogP) is 5.01. The number of carbonyl (C=O) groups is 2. The zero-order valence-corrected chi connectivity index (χ0v) is 18.9. The van der Waals surface area contributed by atoms with Crippen molar-refractivity contribution in [2.75, 3.05) is 38.2 Å². The summed E-state index contributed by atoms with van der Waals surface area (Å²) in [6, 6.07) is 13.9. The third-order valence-electron chi connectivity index (χ3n) is 5.05. The van der Waals surface area contributed by atoms with Crippen LogP contribution >= 0.6 is 0 Å². The van der Waals surface area contributed by atoms with Gasteiger partial charge in [-0.25, -0.2) is 4.79 Å². The number of hydrogen-bond donors (Lipinski definition) is 1. The van der Waals surface area contributed by atoms with Crippen molar-refractivity contribution in [3.05, 3.63) is 59.7 Å². The number of para-hydroxylation sites is 1. The van der Waals surface area contributed by atoms with Crippen molar-refractivity contribution in [2.45, 2.75) is 40.0 Å². The molecule has 0 radical (unpaired) electrons. The average Bonchev–Trinajstić information content (AvgIpc) is 2.80. The van der Waals surface area contributed by atoms with Crippen LogP contribution in [0.3, 0.4) is 0 Å². The lowest BCUT2D eigenvalue weighted by atomic mass is 10.1. The fourth-order valence-corrected chi connectivity index (χ4v) is 3.09. The number of rotatable bonds is 13. The zero-order chi connectivity index (χ0) is 22.5. The molecule has 0 bridgehead atoms. The Kier molecular flexibility index (Phi) is 10.6. The molecule has 0 saturated heterocycles. The van der Waals surface area contributed by atoms with Gasteiger partial charge in [0.15, 0.2) is 0 Å². The highest BCUT2D eigenvalue weighted by molar-refractivity contribution is 6.06. The molecule has 6 heteroatoms. The molecule has 1 amide bonds. The van der Waals surface area contributed by atoms with Gasteiger partial charge in [-0.15, -0.1) is 0 Å². The van der Waals surface area contributed by atoms with Crippen molar-refractivity contribution in [2.24, 2.45) is 0 Å². The van der Waals surface area contributed by atoms with Gasteiger partial charge in [0.2, 0.25) is 0 Å². The van der Waals surface area contributed by atoms with Gasteiger partial charge in [0, 0.05) is 12.2 Å². The van der Waals surface area contributed by atoms with Crippen LogP contribution in [0, 0.1) is 0 Å². The van der Waals surface area contributed by atoms with E-state index in [1.165, 1.54) is 0 Å². The molecule has 0 aliphatic heterocycles. The lowest BCUT2D eigenvalue weighted by Crippen LogP contribution is -2.27. The molecule has 0 fully saturated rings. The predicted molar refractivity (Wildman–Crippen MR) is 124 cm³/mol. The van der Waals surface area contributed by atoms with Crippen molar-refractivity contribution in [1.29, 1.82) is 0 Å². The van der Waals surface area contributed by atoms with Gasteiger partial charge >= 0.3 is 5.97 Å². The number of unbranched alkanes of at least 4 members (excludes halogenated alkanes) is 2. The van der Waals surface area contributed by atoms with Crippen molar-refractivity contribution in [3.8, 4) is 5.75 Å². The number of likely N-dealkylation sites (N-methyl/N-ethyl adjacent to an activating group) is 1. The summed E-state index contributed by atoms with van der Waals surface area (Å²) in [5, 5.41) is 2.86. The summed E-state index contributed by atoms with van der Waals surface area (Å²) in [7, 11) is 0. The van der Waals surface area contributed by atoms with Gasteiger partial charge in [0.1, 0.15) is 12.4 Å². The van der Waals surface area contributed by atoms with Gasteiger partial charge < -0.3 is 19.7 Å². The number of esters is 1. The van der Waals surface area contributed by atoms with E-state index in [0.717, 1.165) is 32.4 Å². The topological polar surface area (TPSA) is 67.9 Å². The largest absolute Gasteiger partial charge is 0.493 e. The normalized spacial score (nSPS) is 10.7. The lowest BCUT2D eigenvalue weighted by Gasteiger charge is -2.17. The second-order valence-corrected chi connectivity index (χ2v) is 7.25. The summed E-state index contributed by atoms with van der Waals surface area (Å²) in [5.41, 5.74) is 1.54. The maximum Gasteiger partial charge on any atom is 0.338 e. The first kappa shape index (κ1) is 24.4. The average molecular weight is 427 g/mol. The molecule has 6 nitrogen and oxygen atoms in total. The van der Waals surface area contributed by atoms with E-state index in [0.29, 0.717) is 42.3 Å². The van der Waals surface area contributed by atoms with E-state index in [4.69, 9.17) is 9.47 Å². The molecule has 0 saturated carbocycles. The van der Waals surface area contributed by atoms with Crippen LogP contribution in [-0.2, 0) is 4.74 Å². The molecule has 168 valence electrons. The minimum absolute atomic E-state index is 0.249. The molecule has 0 aromatic heterocycles. The highest BCUT2D eigenvalue weighted by atomic mass is 16.5. The molecular formula is C25H34N2O4. The molecule has 0 heterocycles. The van der Waals surface area contributed by atoms with Crippen LogP contribution in [0.2, 0.25) is 0 Å². The third kappa shape index (κ3) is 8.06. The minimum Gasteiger partial charge on any atom is -0.493 e. The Labute approximate surface area is 185 Å². The smallest absolute Gasteiger partial charge is 0.338 e. The highest BCUT2D eigenvalue weighted by Crippen LogP contribution is 2.20. The second kappa shape index (κ2) is 13.4. The zero-order valence-electron chi connectivity index (χ0n) is 18.9. The minimum atomic E-state index is -0.365. The van der Waals surface area contributed by atoms with Crippen molar-refractivity contribution in [3.63, 3.8) is 0 Å². The summed E-state index contributed by atoms with van der Waals surface area (Å²) >= 11 is 0. The molecule has 0 spiro atoms. The van der Waals surface area contributed by atoms with Gasteiger partial charge in [0.25, 0.3) is 5.91 Å². The molecule has 2 rings (SSSR count). The summed E-state index contributed by atoms with van der Waals surface area (Å²) in [6.07, 6.45) is 3.17. The highest BCUT2D eigenvalue weighted by Gasteiger charge is 2.13. The number of benzene rings is 2. The molecule has 0 atom stereocenters. The second-order valence-electron chi connectivity index (χ2n) is 7.25. The lowest BCUT2D eigenvalue weighted by molar-refractivity contribution is 0.0466. The van der Waals surface area contributed by atoms with E-state index >= 15 is 0 Å². The quantitative estimate of drug-likeness (QED) is 0.360. The molecule has 0 aliphatic rings. The Morgan fingerprint density at radius 2 is 1.61 bits per heavy atom. The van der Waals surface area contributed by atoms with Crippen LogP contribution in [0.25, 0.3) is 0 Å². The number of amides is 1. The van der Waals surface area contributed by atoms with Gasteiger partial charge in [-0.1, -0.05) is 45.7 Å². The maximum atomic E-state index is 12.7. The Morgan fingerprint density at radius 1 is 0.903 bits per heavy atom. The summed E-state index contributed by atoms with van der Waals surface area (Å²) < 4.78 is 11.1. The number of nitrogens with one attached hydrogen (secondary N) is 1. The molecule has 1 N–H and O–H groups in total. The van der Waals surface area contributed by atoms with E-state index in [1.54, 1.807) is 36.4 Å². The number of carbonyl (C=O) groups excluding carboxylic acids is 2. The molecule has 0 aliphatic carbocycles. The monoisotopic (exact) mass is 426 g/mol. The summed E-state index contributed by atoms with van der Waals surface area (Å²) in [4.78, 5) is 27.1. The Morgan fingerprint density at radius 3 is 2.29 bits per heavy atom. The van der Waals surface area contributed by atoms with Crippen molar-refractivity contribution >= 4 is 17.6 Å². The molecule has 31 heavy (non-hydrogen) atoms. The van der Waals surface area contributed by atoms with Crippen LogP contribution in [0.15, 0.2) is 48.5 Å². The molecule has 2 aromatic carbocycles.